The molecule has 3 atom stereocenters. The van der Waals surface area contributed by atoms with Gasteiger partial charge in [0.05, 0.1) is 20.8 Å². The Morgan fingerprint density at radius 3 is 2.50 bits per heavy atom. The molecule has 1 saturated heterocycles. The molecule has 0 radical (unpaired) electrons. The van der Waals surface area contributed by atoms with E-state index in [0.717, 1.165) is 4.47 Å². The summed E-state index contributed by atoms with van der Waals surface area (Å²) in [5.41, 5.74) is -0.586. The third kappa shape index (κ3) is 6.10. The van der Waals surface area contributed by atoms with Crippen LogP contribution in [0.2, 0.25) is 0 Å². The van der Waals surface area contributed by atoms with Crippen LogP contribution in [-0.4, -0.2) is 62.3 Å². The van der Waals surface area contributed by atoms with Crippen LogP contribution in [0.25, 0.3) is 0 Å². The Bertz CT molecular complexity index is 779. The number of carbonyl (C=O) groups is 3. The predicted molar refractivity (Wildman–Crippen MR) is 114 cm³/mol. The van der Waals surface area contributed by atoms with Crippen molar-refractivity contribution in [3.05, 3.63) is 28.7 Å². The number of rotatable bonds is 6. The number of amides is 2. The number of nitrogens with zero attached hydrogens (tertiary/aromatic N) is 1. The number of hydrogen-bond acceptors (Lipinski definition) is 6. The zero-order chi connectivity index (χ0) is 22.5. The van der Waals surface area contributed by atoms with Crippen LogP contribution in [0.1, 0.15) is 27.2 Å². The molecule has 0 unspecified atom stereocenters. The Morgan fingerprint density at radius 1 is 1.23 bits per heavy atom. The number of carbonyl (C=O) groups excluding carboxylic acids is 3. The van der Waals surface area contributed by atoms with Gasteiger partial charge < -0.3 is 24.4 Å². The van der Waals surface area contributed by atoms with Gasteiger partial charge in [-0.3, -0.25) is 4.79 Å². The van der Waals surface area contributed by atoms with Crippen molar-refractivity contribution < 1.29 is 28.6 Å². The van der Waals surface area contributed by atoms with Gasteiger partial charge in [-0.2, -0.15) is 0 Å². The first kappa shape index (κ1) is 24.0. The lowest BCUT2D eigenvalue weighted by Crippen LogP contribution is -2.56. The summed E-state index contributed by atoms with van der Waals surface area (Å²) in [4.78, 5) is 39.0. The summed E-state index contributed by atoms with van der Waals surface area (Å²) in [5.74, 6) is -0.202. The van der Waals surface area contributed by atoms with Gasteiger partial charge in [0.1, 0.15) is 17.8 Å². The van der Waals surface area contributed by atoms with E-state index in [-0.39, 0.29) is 11.8 Å². The van der Waals surface area contributed by atoms with Crippen molar-refractivity contribution in [2.75, 3.05) is 27.4 Å². The van der Waals surface area contributed by atoms with Crippen LogP contribution in [-0.2, 0) is 19.1 Å². The molecule has 1 aliphatic rings. The molecule has 9 heteroatoms. The molecule has 0 aromatic heterocycles. The Kier molecular flexibility index (Phi) is 8.11. The average molecular weight is 485 g/mol. The monoisotopic (exact) mass is 484 g/mol. The molecule has 8 nitrogen and oxygen atoms in total. The number of methoxy groups -OCH3 is 2. The Hall–Kier alpha value is -2.29. The van der Waals surface area contributed by atoms with Gasteiger partial charge in [0.25, 0.3) is 0 Å². The van der Waals surface area contributed by atoms with Crippen molar-refractivity contribution in [1.82, 2.24) is 10.2 Å². The lowest BCUT2D eigenvalue weighted by molar-refractivity contribution is -0.152. The first-order chi connectivity index (χ1) is 14.1. The highest BCUT2D eigenvalue weighted by Gasteiger charge is 2.45. The fourth-order valence-corrected chi connectivity index (χ4v) is 3.79. The van der Waals surface area contributed by atoms with Gasteiger partial charge in [-0.05, 0) is 30.0 Å². The Labute approximate surface area is 185 Å². The van der Waals surface area contributed by atoms with Gasteiger partial charge in [0.2, 0.25) is 5.91 Å². The Balaban J connectivity index is 2.17. The highest BCUT2D eigenvalue weighted by Crippen LogP contribution is 2.30. The molecule has 1 N–H and O–H groups in total. The molecule has 30 heavy (non-hydrogen) atoms. The van der Waals surface area contributed by atoms with E-state index in [2.05, 4.69) is 26.0 Å². The van der Waals surface area contributed by atoms with E-state index < -0.39 is 29.6 Å². The molecular weight excluding hydrogens is 456 g/mol. The van der Waals surface area contributed by atoms with Crippen molar-refractivity contribution in [2.45, 2.75) is 39.3 Å². The molecule has 1 fully saturated rings. The van der Waals surface area contributed by atoms with E-state index in [0.29, 0.717) is 25.3 Å². The first-order valence-electron chi connectivity index (χ1n) is 9.68. The van der Waals surface area contributed by atoms with E-state index in [4.69, 9.17) is 9.47 Å². The quantitative estimate of drug-likeness (QED) is 0.623. The highest BCUT2D eigenvalue weighted by atomic mass is 79.9. The fraction of sp³-hybridized carbons (Fsp3) is 0.571. The van der Waals surface area contributed by atoms with Crippen molar-refractivity contribution in [3.63, 3.8) is 0 Å². The third-order valence-corrected chi connectivity index (χ3v) is 5.48. The standard InChI is InChI=1S/C21H29BrN2O6/c1-21(2,3)17(23-20(27)29-5)18(25)24-11-13(9-16(24)19(26)28-4)12-30-15-8-6-7-14(22)10-15/h6-8,10,13,16-17H,9,11-12H2,1-5H3,(H,23,27)/t13-,16+,17-/m1/s1. The summed E-state index contributed by atoms with van der Waals surface area (Å²) < 4.78 is 16.3. The molecule has 0 aliphatic carbocycles. The topological polar surface area (TPSA) is 94.2 Å². The van der Waals surface area contributed by atoms with Crippen molar-refractivity contribution in [1.29, 1.82) is 0 Å². The minimum Gasteiger partial charge on any atom is -0.493 e. The second kappa shape index (κ2) is 10.1. The lowest BCUT2D eigenvalue weighted by atomic mass is 9.85. The number of hydrogen-bond donors (Lipinski definition) is 1. The number of esters is 1. The predicted octanol–water partition coefficient (Wildman–Crippen LogP) is 2.99. The van der Waals surface area contributed by atoms with Crippen LogP contribution >= 0.6 is 15.9 Å². The number of halogens is 1. The third-order valence-electron chi connectivity index (χ3n) is 4.99. The average Bonchev–Trinajstić information content (AvgIpc) is 3.12. The van der Waals surface area contributed by atoms with E-state index in [1.807, 2.05) is 45.0 Å². The molecule has 2 rings (SSSR count). The maximum atomic E-state index is 13.3. The van der Waals surface area contributed by atoms with Gasteiger partial charge in [-0.1, -0.05) is 42.8 Å². The molecule has 2 amide bonds. The van der Waals surface area contributed by atoms with Crippen molar-refractivity contribution >= 4 is 33.9 Å². The Morgan fingerprint density at radius 2 is 1.93 bits per heavy atom. The maximum Gasteiger partial charge on any atom is 0.407 e. The molecule has 0 spiro atoms. The van der Waals surface area contributed by atoms with Crippen LogP contribution in [0.3, 0.4) is 0 Å². The molecule has 1 aromatic rings. The van der Waals surface area contributed by atoms with Crippen molar-refractivity contribution in [3.8, 4) is 5.75 Å². The van der Waals surface area contributed by atoms with Crippen LogP contribution < -0.4 is 10.1 Å². The zero-order valence-corrected chi connectivity index (χ0v) is 19.5. The number of alkyl carbamates (subject to hydrolysis) is 1. The number of ether oxygens (including phenoxy) is 3. The molecule has 0 bridgehead atoms. The largest absolute Gasteiger partial charge is 0.493 e. The second-order valence-corrected chi connectivity index (χ2v) is 9.25. The normalized spacial score (nSPS) is 19.7. The minimum absolute atomic E-state index is 0.0595. The summed E-state index contributed by atoms with van der Waals surface area (Å²) in [6.45, 7) is 6.17. The van der Waals surface area contributed by atoms with Gasteiger partial charge in [-0.15, -0.1) is 0 Å². The summed E-state index contributed by atoms with van der Waals surface area (Å²) in [5, 5.41) is 2.60. The van der Waals surface area contributed by atoms with Crippen LogP contribution in [0.15, 0.2) is 28.7 Å². The summed E-state index contributed by atoms with van der Waals surface area (Å²) in [7, 11) is 2.53. The van der Waals surface area contributed by atoms with Crippen molar-refractivity contribution in [2.24, 2.45) is 11.3 Å². The molecule has 1 aliphatic heterocycles. The fourth-order valence-electron chi connectivity index (χ4n) is 3.41. The van der Waals surface area contributed by atoms with Gasteiger partial charge in [0.15, 0.2) is 0 Å². The van der Waals surface area contributed by atoms with Gasteiger partial charge in [-0.25, -0.2) is 9.59 Å². The minimum atomic E-state index is -0.859. The SMILES string of the molecule is COC(=O)N[C@H](C(=O)N1C[C@H](COc2cccc(Br)c2)C[C@H]1C(=O)OC)C(C)(C)C. The molecular formula is C21H29BrN2O6. The second-order valence-electron chi connectivity index (χ2n) is 8.33. The summed E-state index contributed by atoms with van der Waals surface area (Å²) >= 11 is 3.40. The van der Waals surface area contributed by atoms with Crippen LogP contribution in [0.4, 0.5) is 4.79 Å². The molecule has 166 valence electrons. The van der Waals surface area contributed by atoms with E-state index in [1.54, 1.807) is 0 Å². The van der Waals surface area contributed by atoms with E-state index in [9.17, 15) is 14.4 Å². The van der Waals surface area contributed by atoms with Crippen LogP contribution in [0, 0.1) is 11.3 Å². The summed E-state index contributed by atoms with van der Waals surface area (Å²) in [6, 6.07) is 5.87. The lowest BCUT2D eigenvalue weighted by Gasteiger charge is -2.34. The highest BCUT2D eigenvalue weighted by molar-refractivity contribution is 9.10. The molecule has 1 aromatic carbocycles. The molecule has 0 saturated carbocycles. The molecule has 1 heterocycles. The van der Waals surface area contributed by atoms with E-state index >= 15 is 0 Å². The van der Waals surface area contributed by atoms with E-state index in [1.165, 1.54) is 19.1 Å². The van der Waals surface area contributed by atoms with Gasteiger partial charge >= 0.3 is 12.1 Å². The first-order valence-corrected chi connectivity index (χ1v) is 10.5. The smallest absolute Gasteiger partial charge is 0.407 e. The van der Waals surface area contributed by atoms with Crippen LogP contribution in [0.5, 0.6) is 5.75 Å². The summed E-state index contributed by atoms with van der Waals surface area (Å²) in [6.07, 6.45) is -0.284. The number of nitrogens with one attached hydrogen (secondary N) is 1. The van der Waals surface area contributed by atoms with Gasteiger partial charge in [0, 0.05) is 16.9 Å². The maximum absolute atomic E-state index is 13.3. The number of likely N-dealkylation sites (tertiary alicyclic amines) is 1. The number of benzene rings is 1. The zero-order valence-electron chi connectivity index (χ0n) is 17.9.